The summed E-state index contributed by atoms with van der Waals surface area (Å²) in [5, 5.41) is 22.4. The molecule has 3 aliphatic heterocycles. The molecule has 5 atom stereocenters. The highest BCUT2D eigenvalue weighted by molar-refractivity contribution is 5.66. The molecule has 3 aliphatic rings. The number of hydrogen-bond donors (Lipinski definition) is 1. The molecule has 0 unspecified atom stereocenters. The first-order valence-electron chi connectivity index (χ1n) is 6.46. The average Bonchev–Trinajstić information content (AvgIpc) is 2.81. The van der Waals surface area contributed by atoms with E-state index in [0.29, 0.717) is 0 Å². The van der Waals surface area contributed by atoms with Crippen molar-refractivity contribution in [2.24, 2.45) is 5.92 Å². The summed E-state index contributed by atoms with van der Waals surface area (Å²) < 4.78 is 0. The van der Waals surface area contributed by atoms with Gasteiger partial charge in [-0.1, -0.05) is 30.4 Å². The molecule has 1 N–H and O–H groups in total. The second-order valence-electron chi connectivity index (χ2n) is 5.24. The van der Waals surface area contributed by atoms with Crippen LogP contribution in [0.2, 0.25) is 0 Å². The molecule has 4 nitrogen and oxygen atoms in total. The van der Waals surface area contributed by atoms with Gasteiger partial charge in [-0.25, -0.2) is 0 Å². The predicted molar refractivity (Wildman–Crippen MR) is 70.0 cm³/mol. The normalized spacial score (nSPS) is 37.4. The molecule has 1 fully saturated rings. The molecule has 92 valence electrons. The van der Waals surface area contributed by atoms with E-state index in [-0.39, 0.29) is 30.1 Å². The molecule has 3 heterocycles. The maximum atomic E-state index is 9.50. The first-order chi connectivity index (χ1) is 9.35. The Morgan fingerprint density at radius 1 is 1.11 bits per heavy atom. The van der Waals surface area contributed by atoms with Crippen LogP contribution in [0.4, 0.5) is 5.69 Å². The lowest BCUT2D eigenvalue weighted by Crippen LogP contribution is -2.65. The van der Waals surface area contributed by atoms with Gasteiger partial charge >= 0.3 is 0 Å². The Bertz CT molecular complexity index is 651. The van der Waals surface area contributed by atoms with Gasteiger partial charge in [0.2, 0.25) is 0 Å². The van der Waals surface area contributed by atoms with E-state index in [1.807, 2.05) is 18.2 Å². The van der Waals surface area contributed by atoms with Crippen LogP contribution < -0.4 is 10.2 Å². The minimum Gasteiger partial charge on any atom is -0.337 e. The molecule has 19 heavy (non-hydrogen) atoms. The average molecular weight is 248 g/mol. The fourth-order valence-corrected chi connectivity index (χ4v) is 3.59. The van der Waals surface area contributed by atoms with Gasteiger partial charge in [0.05, 0.1) is 24.2 Å². The van der Waals surface area contributed by atoms with Crippen LogP contribution in [0.25, 0.3) is 0 Å². The summed E-state index contributed by atoms with van der Waals surface area (Å²) >= 11 is 0. The van der Waals surface area contributed by atoms with Crippen molar-refractivity contribution in [3.63, 3.8) is 0 Å². The Hall–Kier alpha value is -2.30. The fraction of sp³-hybridized carbons (Fsp3) is 0.333. The molecule has 1 aromatic rings. The zero-order valence-electron chi connectivity index (χ0n) is 10.2. The van der Waals surface area contributed by atoms with Crippen molar-refractivity contribution < 1.29 is 0 Å². The third kappa shape index (κ3) is 1.19. The fourth-order valence-electron chi connectivity index (χ4n) is 3.59. The van der Waals surface area contributed by atoms with Gasteiger partial charge in [-0.15, -0.1) is 0 Å². The largest absolute Gasteiger partial charge is 0.337 e. The molecular formula is C15H12N4. The Balaban J connectivity index is 1.95. The highest BCUT2D eigenvalue weighted by atomic mass is 15.4. The van der Waals surface area contributed by atoms with Crippen LogP contribution in [-0.2, 0) is 0 Å². The van der Waals surface area contributed by atoms with Gasteiger partial charge < -0.3 is 4.90 Å². The molecule has 0 amide bonds. The summed E-state index contributed by atoms with van der Waals surface area (Å²) in [5.41, 5.74) is 2.33. The number of nitrogens with zero attached hydrogens (tertiary/aromatic N) is 3. The highest BCUT2D eigenvalue weighted by Gasteiger charge is 2.51. The standard InChI is InChI=1S/C15H12N4/c16-7-11-12-6-5-10-9-3-1-2-4-13(9)19(14(11)8-17)15(10)18-12/h1-6,10-12,14-15,18H/t10-,11-,12+,14+,15+/m1/s1. The van der Waals surface area contributed by atoms with Crippen molar-refractivity contribution in [2.45, 2.75) is 24.2 Å². The lowest BCUT2D eigenvalue weighted by molar-refractivity contribution is 0.285. The van der Waals surface area contributed by atoms with Gasteiger partial charge in [0.25, 0.3) is 0 Å². The predicted octanol–water partition coefficient (Wildman–Crippen LogP) is 1.49. The van der Waals surface area contributed by atoms with Crippen LogP contribution in [0.5, 0.6) is 0 Å². The maximum Gasteiger partial charge on any atom is 0.136 e. The smallest absolute Gasteiger partial charge is 0.136 e. The number of anilines is 1. The van der Waals surface area contributed by atoms with Gasteiger partial charge in [0.15, 0.2) is 0 Å². The Kier molecular flexibility index (Phi) is 2.01. The minimum atomic E-state index is -0.377. The van der Waals surface area contributed by atoms with Crippen LogP contribution in [0.3, 0.4) is 0 Å². The number of fused-ring (bicyclic) bond motifs is 4. The zero-order chi connectivity index (χ0) is 13.0. The van der Waals surface area contributed by atoms with Crippen molar-refractivity contribution in [3.05, 3.63) is 42.0 Å². The van der Waals surface area contributed by atoms with Crippen molar-refractivity contribution in [1.29, 1.82) is 10.5 Å². The first kappa shape index (κ1) is 10.6. The van der Waals surface area contributed by atoms with Crippen LogP contribution in [0.1, 0.15) is 11.5 Å². The molecule has 1 aromatic carbocycles. The molecule has 4 heteroatoms. The molecule has 1 saturated heterocycles. The van der Waals surface area contributed by atoms with Gasteiger partial charge in [0, 0.05) is 17.6 Å². The number of nitriles is 2. The van der Waals surface area contributed by atoms with Crippen molar-refractivity contribution >= 4 is 5.69 Å². The molecule has 0 aromatic heterocycles. The van der Waals surface area contributed by atoms with Gasteiger partial charge in [-0.2, -0.15) is 10.5 Å². The number of benzene rings is 1. The lowest BCUT2D eigenvalue weighted by atomic mass is 9.84. The van der Waals surface area contributed by atoms with Crippen LogP contribution >= 0.6 is 0 Å². The lowest BCUT2D eigenvalue weighted by Gasteiger charge is -2.46. The minimum absolute atomic E-state index is 0.0125. The molecule has 0 aliphatic carbocycles. The molecule has 0 saturated carbocycles. The summed E-state index contributed by atoms with van der Waals surface area (Å²) in [6.45, 7) is 0. The van der Waals surface area contributed by atoms with Gasteiger partial charge in [0.1, 0.15) is 6.04 Å². The monoisotopic (exact) mass is 248 g/mol. The SMILES string of the molecule is N#C[C@@H]1[C@@H]2C=C[C@@H]3c4ccccc4N([C@@H]3N2)[C@H]1C#N. The molecule has 2 bridgehead atoms. The number of nitrogens with one attached hydrogen (secondary N) is 1. The number of para-hydroxylation sites is 1. The number of rotatable bonds is 0. The quantitative estimate of drug-likeness (QED) is 0.706. The van der Waals surface area contributed by atoms with E-state index in [1.165, 1.54) is 5.56 Å². The van der Waals surface area contributed by atoms with E-state index in [0.717, 1.165) is 5.69 Å². The van der Waals surface area contributed by atoms with E-state index < -0.39 is 0 Å². The van der Waals surface area contributed by atoms with E-state index >= 15 is 0 Å². The van der Waals surface area contributed by atoms with E-state index in [4.69, 9.17) is 0 Å². The molecule has 0 spiro atoms. The highest BCUT2D eigenvalue weighted by Crippen LogP contribution is 2.47. The Morgan fingerprint density at radius 3 is 2.74 bits per heavy atom. The third-order valence-corrected chi connectivity index (χ3v) is 4.41. The van der Waals surface area contributed by atoms with E-state index in [2.05, 4.69) is 40.6 Å². The first-order valence-corrected chi connectivity index (χ1v) is 6.46. The molecule has 4 rings (SSSR count). The van der Waals surface area contributed by atoms with Crippen LogP contribution in [0, 0.1) is 28.6 Å². The van der Waals surface area contributed by atoms with Crippen molar-refractivity contribution in [3.8, 4) is 12.1 Å². The summed E-state index contributed by atoms with van der Waals surface area (Å²) in [6.07, 6.45) is 4.35. The van der Waals surface area contributed by atoms with Gasteiger partial charge in [-0.05, 0) is 11.6 Å². The topological polar surface area (TPSA) is 62.9 Å². The second kappa shape index (κ2) is 3.60. The number of hydrogen-bond acceptors (Lipinski definition) is 4. The Labute approximate surface area is 111 Å². The van der Waals surface area contributed by atoms with Crippen molar-refractivity contribution in [2.75, 3.05) is 4.90 Å². The van der Waals surface area contributed by atoms with Crippen LogP contribution in [-0.4, -0.2) is 18.2 Å². The maximum absolute atomic E-state index is 9.50. The Morgan fingerprint density at radius 2 is 1.95 bits per heavy atom. The summed E-state index contributed by atoms with van der Waals surface area (Å²) in [5.74, 6) is -0.0486. The molecular weight excluding hydrogens is 236 g/mol. The summed E-state index contributed by atoms with van der Waals surface area (Å²) in [7, 11) is 0. The third-order valence-electron chi connectivity index (χ3n) is 4.41. The second-order valence-corrected chi connectivity index (χ2v) is 5.24. The van der Waals surface area contributed by atoms with Crippen molar-refractivity contribution in [1.82, 2.24) is 5.32 Å². The summed E-state index contributed by atoms with van der Waals surface area (Å²) in [6, 6.07) is 12.4. The summed E-state index contributed by atoms with van der Waals surface area (Å²) in [4.78, 5) is 2.09. The van der Waals surface area contributed by atoms with E-state index in [9.17, 15) is 10.5 Å². The molecule has 0 radical (unpaired) electrons. The van der Waals surface area contributed by atoms with E-state index in [1.54, 1.807) is 0 Å². The zero-order valence-corrected chi connectivity index (χ0v) is 10.2. The van der Waals surface area contributed by atoms with Gasteiger partial charge in [-0.3, -0.25) is 5.32 Å². The van der Waals surface area contributed by atoms with Crippen LogP contribution in [0.15, 0.2) is 36.4 Å².